The molecule has 1 aliphatic rings. The molecule has 0 radical (unpaired) electrons. The molecule has 2 heterocycles. The van der Waals surface area contributed by atoms with Crippen LogP contribution in [-0.4, -0.2) is 24.0 Å². The number of hydrogen-bond acceptors (Lipinski definition) is 3. The molecule has 1 saturated heterocycles. The second kappa shape index (κ2) is 5.14. The molecule has 2 rings (SSSR count). The summed E-state index contributed by atoms with van der Waals surface area (Å²) in [4.78, 5) is 16.2. The summed E-state index contributed by atoms with van der Waals surface area (Å²) in [5.74, 6) is 0.518. The van der Waals surface area contributed by atoms with E-state index in [1.165, 1.54) is 0 Å². The van der Waals surface area contributed by atoms with Gasteiger partial charge in [0.2, 0.25) is 5.91 Å². The number of carbonyl (C=O) groups excluding carboxylic acids is 1. The van der Waals surface area contributed by atoms with E-state index in [9.17, 15) is 4.79 Å². The molecule has 92 valence electrons. The fourth-order valence-corrected chi connectivity index (χ4v) is 2.24. The summed E-state index contributed by atoms with van der Waals surface area (Å²) in [5.41, 5.74) is 1.77. The zero-order valence-electron chi connectivity index (χ0n) is 9.96. The Labute approximate surface area is 109 Å². The van der Waals surface area contributed by atoms with E-state index in [2.05, 4.69) is 38.5 Å². The SMILES string of the molecule is Cc1cc(NC(=O)[C@@H]2CNC[C@H]2C)cnc1Br. The Morgan fingerprint density at radius 2 is 2.35 bits per heavy atom. The second-order valence-corrected chi connectivity index (χ2v) is 5.31. The van der Waals surface area contributed by atoms with Crippen LogP contribution in [0.2, 0.25) is 0 Å². The lowest BCUT2D eigenvalue weighted by atomic mass is 9.97. The van der Waals surface area contributed by atoms with E-state index in [1.807, 2.05) is 13.0 Å². The summed E-state index contributed by atoms with van der Waals surface area (Å²) in [6, 6.07) is 1.92. The molecular weight excluding hydrogens is 282 g/mol. The number of nitrogens with zero attached hydrogens (tertiary/aromatic N) is 1. The van der Waals surface area contributed by atoms with Crippen LogP contribution in [0.25, 0.3) is 0 Å². The zero-order valence-corrected chi connectivity index (χ0v) is 11.5. The minimum absolute atomic E-state index is 0.0546. The number of anilines is 1. The number of pyridine rings is 1. The highest BCUT2D eigenvalue weighted by molar-refractivity contribution is 9.10. The van der Waals surface area contributed by atoms with E-state index in [1.54, 1.807) is 6.20 Å². The van der Waals surface area contributed by atoms with Crippen molar-refractivity contribution in [2.45, 2.75) is 13.8 Å². The smallest absolute Gasteiger partial charge is 0.229 e. The van der Waals surface area contributed by atoms with Crippen LogP contribution < -0.4 is 10.6 Å². The first-order valence-electron chi connectivity index (χ1n) is 5.71. The number of aryl methyl sites for hydroxylation is 1. The highest BCUT2D eigenvalue weighted by Crippen LogP contribution is 2.20. The molecule has 0 unspecified atom stereocenters. The quantitative estimate of drug-likeness (QED) is 0.821. The van der Waals surface area contributed by atoms with Crippen molar-refractivity contribution in [3.8, 4) is 0 Å². The number of nitrogens with one attached hydrogen (secondary N) is 2. The molecule has 1 aliphatic heterocycles. The van der Waals surface area contributed by atoms with E-state index >= 15 is 0 Å². The fraction of sp³-hybridized carbons (Fsp3) is 0.500. The van der Waals surface area contributed by atoms with Crippen LogP contribution in [0.15, 0.2) is 16.9 Å². The summed E-state index contributed by atoms with van der Waals surface area (Å²) in [6.45, 7) is 5.72. The van der Waals surface area contributed by atoms with Crippen molar-refractivity contribution >= 4 is 27.5 Å². The first-order chi connectivity index (χ1) is 8.08. The monoisotopic (exact) mass is 297 g/mol. The highest BCUT2D eigenvalue weighted by Gasteiger charge is 2.29. The number of carbonyl (C=O) groups is 1. The van der Waals surface area contributed by atoms with E-state index in [4.69, 9.17) is 0 Å². The minimum atomic E-state index is 0.0546. The average molecular weight is 298 g/mol. The van der Waals surface area contributed by atoms with Crippen LogP contribution in [0.4, 0.5) is 5.69 Å². The molecule has 0 aromatic carbocycles. The summed E-state index contributed by atoms with van der Waals surface area (Å²) >= 11 is 3.34. The molecule has 1 aromatic rings. The van der Waals surface area contributed by atoms with Crippen molar-refractivity contribution in [2.75, 3.05) is 18.4 Å². The van der Waals surface area contributed by atoms with Crippen molar-refractivity contribution in [2.24, 2.45) is 11.8 Å². The predicted octanol–water partition coefficient (Wildman–Crippen LogP) is 1.95. The molecule has 1 fully saturated rings. The van der Waals surface area contributed by atoms with Crippen LogP contribution in [-0.2, 0) is 4.79 Å². The van der Waals surface area contributed by atoms with Gasteiger partial charge in [0, 0.05) is 6.54 Å². The number of halogens is 1. The van der Waals surface area contributed by atoms with Gasteiger partial charge in [0.05, 0.1) is 17.8 Å². The van der Waals surface area contributed by atoms with Gasteiger partial charge >= 0.3 is 0 Å². The van der Waals surface area contributed by atoms with E-state index in [-0.39, 0.29) is 11.8 Å². The van der Waals surface area contributed by atoms with Gasteiger partial charge in [0.1, 0.15) is 4.60 Å². The Bertz CT molecular complexity index is 436. The summed E-state index contributed by atoms with van der Waals surface area (Å²) in [7, 11) is 0. The Balaban J connectivity index is 2.05. The second-order valence-electron chi connectivity index (χ2n) is 4.56. The molecule has 2 atom stereocenters. The molecule has 0 bridgehead atoms. The molecule has 0 saturated carbocycles. The molecule has 17 heavy (non-hydrogen) atoms. The van der Waals surface area contributed by atoms with Gasteiger partial charge in [-0.05, 0) is 46.9 Å². The van der Waals surface area contributed by atoms with Gasteiger partial charge in [-0.15, -0.1) is 0 Å². The van der Waals surface area contributed by atoms with Gasteiger partial charge in [-0.3, -0.25) is 4.79 Å². The Kier molecular flexibility index (Phi) is 3.79. The number of hydrogen-bond donors (Lipinski definition) is 2. The maximum absolute atomic E-state index is 12.0. The largest absolute Gasteiger partial charge is 0.324 e. The van der Waals surface area contributed by atoms with Gasteiger partial charge in [0.25, 0.3) is 0 Å². The lowest BCUT2D eigenvalue weighted by molar-refractivity contribution is -0.120. The third-order valence-corrected chi connectivity index (χ3v) is 3.97. The lowest BCUT2D eigenvalue weighted by Gasteiger charge is -2.14. The number of rotatable bonds is 2. The third-order valence-electron chi connectivity index (χ3n) is 3.14. The minimum Gasteiger partial charge on any atom is -0.324 e. The number of aromatic nitrogens is 1. The molecule has 1 amide bonds. The molecule has 0 spiro atoms. The first-order valence-corrected chi connectivity index (χ1v) is 6.51. The first kappa shape index (κ1) is 12.5. The van der Waals surface area contributed by atoms with Gasteiger partial charge in [0.15, 0.2) is 0 Å². The molecule has 1 aromatic heterocycles. The zero-order chi connectivity index (χ0) is 12.4. The van der Waals surface area contributed by atoms with Gasteiger partial charge < -0.3 is 10.6 Å². The van der Waals surface area contributed by atoms with Gasteiger partial charge in [-0.2, -0.15) is 0 Å². The standard InChI is InChI=1S/C12H16BrN3O/c1-7-3-9(5-15-11(7)13)16-12(17)10-6-14-4-8(10)2/h3,5,8,10,14H,4,6H2,1-2H3,(H,16,17)/t8-,10-/m1/s1. The van der Waals surface area contributed by atoms with Crippen LogP contribution in [0, 0.1) is 18.8 Å². The maximum Gasteiger partial charge on any atom is 0.229 e. The van der Waals surface area contributed by atoms with Gasteiger partial charge in [-0.25, -0.2) is 4.98 Å². The topological polar surface area (TPSA) is 54.0 Å². The molecule has 5 heteroatoms. The van der Waals surface area contributed by atoms with Crippen molar-refractivity contribution in [1.29, 1.82) is 0 Å². The predicted molar refractivity (Wildman–Crippen MR) is 70.8 cm³/mol. The molecule has 0 aliphatic carbocycles. The maximum atomic E-state index is 12.0. The van der Waals surface area contributed by atoms with Crippen molar-refractivity contribution in [3.63, 3.8) is 0 Å². The number of amides is 1. The summed E-state index contributed by atoms with van der Waals surface area (Å²) in [6.07, 6.45) is 1.67. The lowest BCUT2D eigenvalue weighted by Crippen LogP contribution is -2.27. The van der Waals surface area contributed by atoms with E-state index in [0.29, 0.717) is 5.92 Å². The molecule has 4 nitrogen and oxygen atoms in total. The normalized spacial score (nSPS) is 23.7. The fourth-order valence-electron chi connectivity index (χ4n) is 2.02. The van der Waals surface area contributed by atoms with Gasteiger partial charge in [-0.1, -0.05) is 6.92 Å². The highest BCUT2D eigenvalue weighted by atomic mass is 79.9. The Morgan fingerprint density at radius 3 is 2.94 bits per heavy atom. The van der Waals surface area contributed by atoms with Crippen molar-refractivity contribution in [3.05, 3.63) is 22.4 Å². The summed E-state index contributed by atoms with van der Waals surface area (Å²) < 4.78 is 0.811. The molecule has 2 N–H and O–H groups in total. The third kappa shape index (κ3) is 2.84. The van der Waals surface area contributed by atoms with Crippen LogP contribution in [0.1, 0.15) is 12.5 Å². The Morgan fingerprint density at radius 1 is 1.59 bits per heavy atom. The average Bonchev–Trinajstić information content (AvgIpc) is 2.70. The van der Waals surface area contributed by atoms with Crippen LogP contribution in [0.3, 0.4) is 0 Å². The van der Waals surface area contributed by atoms with Crippen LogP contribution >= 0.6 is 15.9 Å². The van der Waals surface area contributed by atoms with Crippen molar-refractivity contribution < 1.29 is 4.79 Å². The summed E-state index contributed by atoms with van der Waals surface area (Å²) in [5, 5.41) is 6.15. The van der Waals surface area contributed by atoms with E-state index < -0.39 is 0 Å². The van der Waals surface area contributed by atoms with E-state index in [0.717, 1.165) is 28.9 Å². The van der Waals surface area contributed by atoms with Crippen LogP contribution in [0.5, 0.6) is 0 Å². The Hall–Kier alpha value is -0.940. The van der Waals surface area contributed by atoms with Crippen molar-refractivity contribution in [1.82, 2.24) is 10.3 Å². The molecular formula is C12H16BrN3O.